The van der Waals surface area contributed by atoms with Gasteiger partial charge < -0.3 is 9.64 Å². The van der Waals surface area contributed by atoms with Gasteiger partial charge in [0.05, 0.1) is 0 Å². The molecule has 7 nitrogen and oxygen atoms in total. The summed E-state index contributed by atoms with van der Waals surface area (Å²) in [7, 11) is 1.60. The minimum absolute atomic E-state index is 0.116. The Labute approximate surface area is 121 Å². The zero-order valence-corrected chi connectivity index (χ0v) is 11.5. The van der Waals surface area contributed by atoms with Crippen LogP contribution in [0, 0.1) is 0 Å². The lowest BCUT2D eigenvalue weighted by Gasteiger charge is -2.17. The number of rotatable bonds is 4. The molecule has 110 valence electrons. The van der Waals surface area contributed by atoms with Crippen LogP contribution in [0.5, 0.6) is 0 Å². The first-order valence-electron chi connectivity index (χ1n) is 6.42. The van der Waals surface area contributed by atoms with Crippen molar-refractivity contribution in [3.05, 3.63) is 30.3 Å². The summed E-state index contributed by atoms with van der Waals surface area (Å²) >= 11 is 0. The molecule has 1 aromatic rings. The van der Waals surface area contributed by atoms with Crippen molar-refractivity contribution in [1.29, 1.82) is 0 Å². The van der Waals surface area contributed by atoms with Gasteiger partial charge in [0.1, 0.15) is 5.71 Å². The number of carbonyl (C=O) groups excluding carboxylic acids is 3. The lowest BCUT2D eigenvalue weighted by atomic mass is 10.2. The highest BCUT2D eigenvalue weighted by atomic mass is 16.5. The third kappa shape index (κ3) is 3.88. The number of benzene rings is 1. The van der Waals surface area contributed by atoms with Crippen LogP contribution < -0.4 is 10.3 Å². The van der Waals surface area contributed by atoms with Crippen LogP contribution >= 0.6 is 0 Å². The van der Waals surface area contributed by atoms with E-state index in [4.69, 9.17) is 4.74 Å². The van der Waals surface area contributed by atoms with Gasteiger partial charge in [-0.05, 0) is 12.1 Å². The first-order valence-corrected chi connectivity index (χ1v) is 6.42. The third-order valence-corrected chi connectivity index (χ3v) is 2.98. The van der Waals surface area contributed by atoms with E-state index in [-0.39, 0.29) is 37.0 Å². The topological polar surface area (TPSA) is 88.1 Å². The van der Waals surface area contributed by atoms with Crippen LogP contribution in [0.1, 0.15) is 12.8 Å². The van der Waals surface area contributed by atoms with Crippen LogP contribution in [-0.2, 0) is 19.1 Å². The number of nitrogens with one attached hydrogen (secondary N) is 1. The lowest BCUT2D eigenvalue weighted by Crippen LogP contribution is -2.34. The molecule has 0 unspecified atom stereocenters. The van der Waals surface area contributed by atoms with Crippen LogP contribution in [0.3, 0.4) is 0 Å². The summed E-state index contributed by atoms with van der Waals surface area (Å²) in [6, 6.07) is 9.02. The average Bonchev–Trinajstić information content (AvgIpc) is 2.53. The highest BCUT2D eigenvalue weighted by Crippen LogP contribution is 2.11. The smallest absolute Gasteiger partial charge is 0.355 e. The second-order valence-corrected chi connectivity index (χ2v) is 4.46. The molecule has 0 radical (unpaired) electrons. The fraction of sp³-hybridized carbons (Fsp3) is 0.286. The van der Waals surface area contributed by atoms with E-state index in [0.29, 0.717) is 5.69 Å². The molecule has 1 aliphatic rings. The van der Waals surface area contributed by atoms with E-state index in [1.807, 2.05) is 18.2 Å². The first-order chi connectivity index (χ1) is 10.1. The van der Waals surface area contributed by atoms with Gasteiger partial charge in [0, 0.05) is 25.6 Å². The Bertz CT molecular complexity index is 583. The summed E-state index contributed by atoms with van der Waals surface area (Å²) in [4.78, 5) is 35.9. The van der Waals surface area contributed by atoms with Crippen LogP contribution in [-0.4, -0.2) is 37.1 Å². The van der Waals surface area contributed by atoms with Gasteiger partial charge in [-0.2, -0.15) is 5.10 Å². The highest BCUT2D eigenvalue weighted by Gasteiger charge is 2.21. The molecule has 1 heterocycles. The highest BCUT2D eigenvalue weighted by molar-refractivity contribution is 6.37. The van der Waals surface area contributed by atoms with E-state index in [0.717, 1.165) is 0 Å². The molecular weight excluding hydrogens is 274 g/mol. The molecule has 0 saturated carbocycles. The Hall–Kier alpha value is -2.70. The summed E-state index contributed by atoms with van der Waals surface area (Å²) in [5.41, 5.74) is 3.03. The van der Waals surface area contributed by atoms with Crippen molar-refractivity contribution in [2.24, 2.45) is 5.10 Å². The molecule has 2 amide bonds. The molecule has 2 rings (SSSR count). The quantitative estimate of drug-likeness (QED) is 0.816. The molecule has 1 N–H and O–H groups in total. The van der Waals surface area contributed by atoms with Gasteiger partial charge in [-0.25, -0.2) is 10.2 Å². The molecule has 1 aliphatic heterocycles. The van der Waals surface area contributed by atoms with Crippen LogP contribution in [0.25, 0.3) is 0 Å². The molecular formula is C14H15N3O4. The zero-order valence-electron chi connectivity index (χ0n) is 11.5. The molecule has 1 aromatic carbocycles. The molecule has 0 aromatic heterocycles. The number of hydrogen-bond donors (Lipinski definition) is 1. The van der Waals surface area contributed by atoms with Crippen molar-refractivity contribution < 1.29 is 19.1 Å². The first kappa shape index (κ1) is 14.7. The van der Waals surface area contributed by atoms with Crippen molar-refractivity contribution in [2.75, 3.05) is 18.6 Å². The third-order valence-electron chi connectivity index (χ3n) is 2.98. The summed E-state index contributed by atoms with van der Waals surface area (Å²) in [6.07, 6.45) is 0.402. The maximum absolute atomic E-state index is 11.9. The maximum Gasteiger partial charge on any atom is 0.355 e. The van der Waals surface area contributed by atoms with E-state index in [1.54, 1.807) is 19.2 Å². The standard InChI is InChI=1S/C14H15N3O4/c1-17(10-5-3-2-4-6-10)13(19)9-21-14(20)11-7-8-12(18)16-15-11/h2-6H,7-9H2,1H3,(H,16,18). The summed E-state index contributed by atoms with van der Waals surface area (Å²) < 4.78 is 4.91. The van der Waals surface area contributed by atoms with Crippen LogP contribution in [0.15, 0.2) is 35.4 Å². The molecule has 0 spiro atoms. The molecule has 0 saturated heterocycles. The number of ether oxygens (including phenoxy) is 1. The Morgan fingerprint density at radius 2 is 2.00 bits per heavy atom. The number of amides is 2. The van der Waals surface area contributed by atoms with E-state index < -0.39 is 5.97 Å². The second-order valence-electron chi connectivity index (χ2n) is 4.46. The number of carbonyl (C=O) groups is 3. The number of likely N-dealkylation sites (N-methyl/N-ethyl adjacent to an activating group) is 1. The average molecular weight is 289 g/mol. The molecule has 0 bridgehead atoms. The van der Waals surface area contributed by atoms with E-state index in [2.05, 4.69) is 10.5 Å². The molecule has 0 atom stereocenters. The SMILES string of the molecule is CN(C(=O)COC(=O)C1=NNC(=O)CC1)c1ccccc1. The lowest BCUT2D eigenvalue weighted by molar-refractivity contribution is -0.141. The molecule has 7 heteroatoms. The van der Waals surface area contributed by atoms with Gasteiger partial charge in [0.2, 0.25) is 5.91 Å². The molecule has 21 heavy (non-hydrogen) atoms. The summed E-state index contributed by atoms with van der Waals surface area (Å²) in [5.74, 6) is -1.29. The summed E-state index contributed by atoms with van der Waals surface area (Å²) in [6.45, 7) is -0.378. The van der Waals surface area contributed by atoms with Crippen LogP contribution in [0.2, 0.25) is 0 Å². The Morgan fingerprint density at radius 1 is 1.29 bits per heavy atom. The van der Waals surface area contributed by atoms with Crippen molar-refractivity contribution in [2.45, 2.75) is 12.8 Å². The number of nitrogens with zero attached hydrogens (tertiary/aromatic N) is 2. The predicted octanol–water partition coefficient (Wildman–Crippen LogP) is 0.459. The minimum atomic E-state index is -0.690. The Balaban J connectivity index is 1.86. The molecule has 0 fully saturated rings. The van der Waals surface area contributed by atoms with Gasteiger partial charge >= 0.3 is 5.97 Å². The van der Waals surface area contributed by atoms with Gasteiger partial charge in [-0.15, -0.1) is 0 Å². The zero-order chi connectivity index (χ0) is 15.2. The van der Waals surface area contributed by atoms with E-state index in [1.165, 1.54) is 4.90 Å². The van der Waals surface area contributed by atoms with Gasteiger partial charge in [0.15, 0.2) is 6.61 Å². The van der Waals surface area contributed by atoms with Gasteiger partial charge in [0.25, 0.3) is 5.91 Å². The van der Waals surface area contributed by atoms with Crippen molar-refractivity contribution in [3.63, 3.8) is 0 Å². The van der Waals surface area contributed by atoms with Gasteiger partial charge in [-0.3, -0.25) is 9.59 Å². The Kier molecular flexibility index (Phi) is 4.65. The minimum Gasteiger partial charge on any atom is -0.451 e. The largest absolute Gasteiger partial charge is 0.451 e. The fourth-order valence-electron chi connectivity index (χ4n) is 1.72. The van der Waals surface area contributed by atoms with Crippen LogP contribution in [0.4, 0.5) is 5.69 Å². The van der Waals surface area contributed by atoms with E-state index in [9.17, 15) is 14.4 Å². The van der Waals surface area contributed by atoms with Gasteiger partial charge in [-0.1, -0.05) is 18.2 Å². The monoisotopic (exact) mass is 289 g/mol. The van der Waals surface area contributed by atoms with E-state index >= 15 is 0 Å². The number of esters is 1. The Morgan fingerprint density at radius 3 is 2.62 bits per heavy atom. The number of hydrazone groups is 1. The number of para-hydroxylation sites is 1. The number of anilines is 1. The maximum atomic E-state index is 11.9. The fourth-order valence-corrected chi connectivity index (χ4v) is 1.72. The predicted molar refractivity (Wildman–Crippen MR) is 75.6 cm³/mol. The molecule has 0 aliphatic carbocycles. The second kappa shape index (κ2) is 6.65. The normalized spacial score (nSPS) is 14.0. The summed E-state index contributed by atoms with van der Waals surface area (Å²) in [5, 5.41) is 3.61. The number of hydrogen-bond acceptors (Lipinski definition) is 5. The van der Waals surface area contributed by atoms with Crippen molar-refractivity contribution in [3.8, 4) is 0 Å². The van der Waals surface area contributed by atoms with Crippen molar-refractivity contribution >= 4 is 29.2 Å². The van der Waals surface area contributed by atoms with Crippen molar-refractivity contribution in [1.82, 2.24) is 5.43 Å².